The summed E-state index contributed by atoms with van der Waals surface area (Å²) in [6.07, 6.45) is 3.92. The van der Waals surface area contributed by atoms with Crippen LogP contribution in [-0.2, 0) is 0 Å². The van der Waals surface area contributed by atoms with Crippen molar-refractivity contribution in [2.75, 3.05) is 32.7 Å². The number of aliphatic hydroxyl groups excluding tert-OH is 1. The zero-order chi connectivity index (χ0) is 19.3. The van der Waals surface area contributed by atoms with E-state index >= 15 is 0 Å². The van der Waals surface area contributed by atoms with Crippen molar-refractivity contribution in [1.82, 2.24) is 10.2 Å². The topological polar surface area (TPSA) is 35.5 Å². The van der Waals surface area contributed by atoms with Crippen molar-refractivity contribution in [3.8, 4) is 11.1 Å². The van der Waals surface area contributed by atoms with Crippen LogP contribution >= 0.6 is 0 Å². The molecule has 0 amide bonds. The Balaban J connectivity index is 1.54. The van der Waals surface area contributed by atoms with Crippen molar-refractivity contribution in [3.05, 3.63) is 59.9 Å². The van der Waals surface area contributed by atoms with E-state index in [1.807, 2.05) is 6.07 Å². The molecule has 1 unspecified atom stereocenters. The highest BCUT2D eigenvalue weighted by Gasteiger charge is 2.29. The van der Waals surface area contributed by atoms with E-state index in [-0.39, 0.29) is 11.9 Å². The molecule has 4 rings (SSSR count). The van der Waals surface area contributed by atoms with Crippen molar-refractivity contribution < 1.29 is 9.50 Å². The van der Waals surface area contributed by atoms with Crippen molar-refractivity contribution in [3.63, 3.8) is 0 Å². The van der Waals surface area contributed by atoms with Crippen LogP contribution in [0.25, 0.3) is 11.1 Å². The lowest BCUT2D eigenvalue weighted by Gasteiger charge is -2.37. The number of nitrogens with zero attached hydrogens (tertiary/aromatic N) is 1. The molecule has 1 saturated heterocycles. The predicted octanol–water partition coefficient (Wildman–Crippen LogP) is 4.03. The normalized spacial score (nSPS) is 24.8. The molecule has 1 atom stereocenters. The Kier molecular flexibility index (Phi) is 6.40. The van der Waals surface area contributed by atoms with Crippen LogP contribution in [0.1, 0.15) is 37.2 Å². The number of rotatable bonds is 5. The van der Waals surface area contributed by atoms with Crippen LogP contribution in [0.4, 0.5) is 4.39 Å². The SMILES string of the molecule is OC1CCC(C(CN2CCNCC2)c2ccc(-c3cccc(F)c3)cc2)CC1. The molecule has 0 radical (unpaired) electrons. The van der Waals surface area contributed by atoms with Crippen molar-refractivity contribution in [2.24, 2.45) is 5.92 Å². The molecule has 3 nitrogen and oxygen atoms in total. The summed E-state index contributed by atoms with van der Waals surface area (Å²) < 4.78 is 13.6. The second kappa shape index (κ2) is 9.17. The Morgan fingerprint density at radius 2 is 1.68 bits per heavy atom. The first-order valence-electron chi connectivity index (χ1n) is 10.7. The number of benzene rings is 2. The molecule has 1 heterocycles. The fourth-order valence-corrected chi connectivity index (χ4v) is 4.79. The molecule has 1 saturated carbocycles. The van der Waals surface area contributed by atoms with Crippen LogP contribution in [0.5, 0.6) is 0 Å². The summed E-state index contributed by atoms with van der Waals surface area (Å²) in [5, 5.41) is 13.4. The van der Waals surface area contributed by atoms with Crippen LogP contribution in [0.15, 0.2) is 48.5 Å². The predicted molar refractivity (Wildman–Crippen MR) is 112 cm³/mol. The minimum Gasteiger partial charge on any atom is -0.393 e. The van der Waals surface area contributed by atoms with Gasteiger partial charge in [0.15, 0.2) is 0 Å². The third-order valence-corrected chi connectivity index (χ3v) is 6.47. The molecule has 0 spiro atoms. The summed E-state index contributed by atoms with van der Waals surface area (Å²) in [5.41, 5.74) is 3.36. The van der Waals surface area contributed by atoms with Gasteiger partial charge in [-0.1, -0.05) is 36.4 Å². The maximum absolute atomic E-state index is 13.6. The zero-order valence-corrected chi connectivity index (χ0v) is 16.5. The highest BCUT2D eigenvalue weighted by Crippen LogP contribution is 2.37. The maximum atomic E-state index is 13.6. The molecular formula is C24H31FN2O. The second-order valence-corrected chi connectivity index (χ2v) is 8.36. The molecule has 2 aromatic rings. The third-order valence-electron chi connectivity index (χ3n) is 6.47. The summed E-state index contributed by atoms with van der Waals surface area (Å²) in [4.78, 5) is 2.58. The Labute approximate surface area is 167 Å². The van der Waals surface area contributed by atoms with E-state index < -0.39 is 0 Å². The second-order valence-electron chi connectivity index (χ2n) is 8.36. The molecule has 1 aliphatic heterocycles. The quantitative estimate of drug-likeness (QED) is 0.819. The molecule has 150 valence electrons. The molecule has 2 aromatic carbocycles. The Morgan fingerprint density at radius 1 is 0.964 bits per heavy atom. The van der Waals surface area contributed by atoms with Gasteiger partial charge in [-0.3, -0.25) is 0 Å². The molecule has 0 bridgehead atoms. The van der Waals surface area contributed by atoms with Gasteiger partial charge in [-0.2, -0.15) is 0 Å². The Hall–Kier alpha value is -1.75. The molecule has 2 aliphatic rings. The van der Waals surface area contributed by atoms with Gasteiger partial charge in [0.1, 0.15) is 5.82 Å². The first-order valence-corrected chi connectivity index (χ1v) is 10.7. The lowest BCUT2D eigenvalue weighted by Crippen LogP contribution is -2.46. The molecule has 4 heteroatoms. The first-order chi connectivity index (χ1) is 13.7. The van der Waals surface area contributed by atoms with E-state index in [4.69, 9.17) is 0 Å². The number of hydrogen-bond donors (Lipinski definition) is 2. The van der Waals surface area contributed by atoms with E-state index in [2.05, 4.69) is 34.5 Å². The summed E-state index contributed by atoms with van der Waals surface area (Å²) in [6, 6.07) is 15.5. The van der Waals surface area contributed by atoms with Crippen molar-refractivity contribution in [2.45, 2.75) is 37.7 Å². The van der Waals surface area contributed by atoms with E-state index in [9.17, 15) is 9.50 Å². The van der Waals surface area contributed by atoms with Crippen LogP contribution in [-0.4, -0.2) is 48.8 Å². The van der Waals surface area contributed by atoms with Gasteiger partial charge in [-0.25, -0.2) is 4.39 Å². The van der Waals surface area contributed by atoms with Crippen LogP contribution in [0.3, 0.4) is 0 Å². The summed E-state index contributed by atoms with van der Waals surface area (Å²) in [7, 11) is 0. The minimum atomic E-state index is -0.195. The smallest absolute Gasteiger partial charge is 0.123 e. The van der Waals surface area contributed by atoms with Gasteiger partial charge in [-0.15, -0.1) is 0 Å². The summed E-state index contributed by atoms with van der Waals surface area (Å²) in [6.45, 7) is 5.42. The van der Waals surface area contributed by atoms with Crippen LogP contribution in [0.2, 0.25) is 0 Å². The van der Waals surface area contributed by atoms with Crippen LogP contribution < -0.4 is 5.32 Å². The van der Waals surface area contributed by atoms with Gasteiger partial charge in [0, 0.05) is 32.7 Å². The zero-order valence-electron chi connectivity index (χ0n) is 16.5. The Morgan fingerprint density at radius 3 is 2.36 bits per heavy atom. The molecular weight excluding hydrogens is 351 g/mol. The summed E-state index contributed by atoms with van der Waals surface area (Å²) >= 11 is 0. The number of nitrogens with one attached hydrogen (secondary N) is 1. The van der Waals surface area contributed by atoms with Crippen molar-refractivity contribution >= 4 is 0 Å². The average molecular weight is 383 g/mol. The van der Waals surface area contributed by atoms with E-state index in [1.54, 1.807) is 12.1 Å². The fraction of sp³-hybridized carbons (Fsp3) is 0.500. The van der Waals surface area contributed by atoms with E-state index in [0.717, 1.165) is 69.5 Å². The van der Waals surface area contributed by atoms with Gasteiger partial charge in [0.2, 0.25) is 0 Å². The van der Waals surface area contributed by atoms with Crippen molar-refractivity contribution in [1.29, 1.82) is 0 Å². The standard InChI is InChI=1S/C24H31FN2O/c25-22-3-1-2-21(16-22)18-4-6-19(7-5-18)24(17-27-14-12-26-13-15-27)20-8-10-23(28)11-9-20/h1-7,16,20,23-24,26,28H,8-15,17H2. The molecule has 28 heavy (non-hydrogen) atoms. The number of piperazine rings is 1. The van der Waals surface area contributed by atoms with Gasteiger partial charge < -0.3 is 15.3 Å². The molecule has 1 aliphatic carbocycles. The number of halogens is 1. The minimum absolute atomic E-state index is 0.119. The fourth-order valence-electron chi connectivity index (χ4n) is 4.79. The lowest BCUT2D eigenvalue weighted by molar-refractivity contribution is 0.0932. The monoisotopic (exact) mass is 382 g/mol. The number of aliphatic hydroxyl groups is 1. The lowest BCUT2D eigenvalue weighted by atomic mass is 9.75. The summed E-state index contributed by atoms with van der Waals surface area (Å²) in [5.74, 6) is 0.921. The maximum Gasteiger partial charge on any atom is 0.123 e. The highest BCUT2D eigenvalue weighted by atomic mass is 19.1. The van der Waals surface area contributed by atoms with Gasteiger partial charge >= 0.3 is 0 Å². The molecule has 0 aromatic heterocycles. The van der Waals surface area contributed by atoms with Crippen LogP contribution in [0, 0.1) is 11.7 Å². The third kappa shape index (κ3) is 4.80. The van der Waals surface area contributed by atoms with E-state index in [1.165, 1.54) is 11.6 Å². The van der Waals surface area contributed by atoms with Gasteiger partial charge in [0.25, 0.3) is 0 Å². The number of hydrogen-bond acceptors (Lipinski definition) is 3. The van der Waals surface area contributed by atoms with Gasteiger partial charge in [-0.05, 0) is 66.3 Å². The van der Waals surface area contributed by atoms with Gasteiger partial charge in [0.05, 0.1) is 6.10 Å². The molecule has 2 fully saturated rings. The largest absolute Gasteiger partial charge is 0.393 e. The highest BCUT2D eigenvalue weighted by molar-refractivity contribution is 5.63. The average Bonchev–Trinajstić information content (AvgIpc) is 2.74. The first kappa shape index (κ1) is 19.6. The Bertz CT molecular complexity index is 749. The van der Waals surface area contributed by atoms with E-state index in [0.29, 0.717) is 11.8 Å². The molecule has 2 N–H and O–H groups in total.